The Morgan fingerprint density at radius 1 is 1.08 bits per heavy atom. The van der Waals surface area contributed by atoms with Gasteiger partial charge in [0.2, 0.25) is 0 Å². The molecule has 2 aromatic rings. The number of carbonyl (C=O) groups excluding carboxylic acids is 2. The van der Waals surface area contributed by atoms with Crippen molar-refractivity contribution in [1.82, 2.24) is 0 Å². The normalized spacial score (nSPS) is 11.4. The Morgan fingerprint density at radius 3 is 2.42 bits per heavy atom. The maximum atomic E-state index is 13.6. The van der Waals surface area contributed by atoms with Crippen LogP contribution in [0, 0.1) is 12.7 Å². The largest absolute Gasteiger partial charge is 0.497 e. The Morgan fingerprint density at radius 2 is 1.81 bits per heavy atom. The minimum absolute atomic E-state index is 0.132. The highest BCUT2D eigenvalue weighted by atomic mass is 19.1. The molecule has 2 rings (SSSR count). The van der Waals surface area contributed by atoms with Gasteiger partial charge in [-0.3, -0.25) is 4.79 Å². The van der Waals surface area contributed by atoms with Gasteiger partial charge in [-0.25, -0.2) is 9.18 Å². The first kappa shape index (κ1) is 19.2. The molecule has 6 nitrogen and oxygen atoms in total. The molecule has 0 saturated carbocycles. The van der Waals surface area contributed by atoms with Crippen molar-refractivity contribution in [2.75, 3.05) is 19.5 Å². The first-order valence-corrected chi connectivity index (χ1v) is 7.85. The average Bonchev–Trinajstić information content (AvgIpc) is 2.63. The molecule has 0 saturated heterocycles. The van der Waals surface area contributed by atoms with Crippen molar-refractivity contribution >= 4 is 17.6 Å². The SMILES string of the molecule is COc1ccc(OC)c(C(=O)OC(C)C(=O)Nc2ccc(C)c(F)c2)c1. The zero-order valence-corrected chi connectivity index (χ0v) is 15.0. The molecule has 1 N–H and O–H groups in total. The smallest absolute Gasteiger partial charge is 0.342 e. The van der Waals surface area contributed by atoms with E-state index in [0.29, 0.717) is 17.1 Å². The van der Waals surface area contributed by atoms with Crippen molar-refractivity contribution in [2.45, 2.75) is 20.0 Å². The summed E-state index contributed by atoms with van der Waals surface area (Å²) in [4.78, 5) is 24.5. The Bertz CT molecular complexity index is 822. The number of amides is 1. The summed E-state index contributed by atoms with van der Waals surface area (Å²) in [5.41, 5.74) is 0.875. The molecular weight excluding hydrogens is 341 g/mol. The highest BCUT2D eigenvalue weighted by molar-refractivity contribution is 5.98. The van der Waals surface area contributed by atoms with Crippen molar-refractivity contribution in [3.8, 4) is 11.5 Å². The highest BCUT2D eigenvalue weighted by Gasteiger charge is 2.22. The van der Waals surface area contributed by atoms with E-state index in [0.717, 1.165) is 0 Å². The van der Waals surface area contributed by atoms with Crippen molar-refractivity contribution < 1.29 is 28.2 Å². The molecule has 1 amide bonds. The molecule has 0 aromatic heterocycles. The Hall–Kier alpha value is -3.09. The second kappa shape index (κ2) is 8.33. The van der Waals surface area contributed by atoms with Crippen LogP contribution >= 0.6 is 0 Å². The molecule has 0 spiro atoms. The lowest BCUT2D eigenvalue weighted by Crippen LogP contribution is -2.30. The quantitative estimate of drug-likeness (QED) is 0.799. The monoisotopic (exact) mass is 361 g/mol. The van der Waals surface area contributed by atoms with Crippen LogP contribution in [-0.2, 0) is 9.53 Å². The summed E-state index contributed by atoms with van der Waals surface area (Å²) in [6.45, 7) is 3.04. The number of halogens is 1. The third-order valence-electron chi connectivity index (χ3n) is 3.72. The molecule has 1 atom stereocenters. The topological polar surface area (TPSA) is 73.9 Å². The fraction of sp³-hybridized carbons (Fsp3) is 0.263. The molecule has 0 radical (unpaired) electrons. The summed E-state index contributed by atoms with van der Waals surface area (Å²) in [5.74, 6) is -1.01. The standard InChI is InChI=1S/C19H20FNO5/c1-11-5-6-13(9-16(11)20)21-18(22)12(2)26-19(23)15-10-14(24-3)7-8-17(15)25-4/h5-10,12H,1-4H3,(H,21,22). The molecule has 0 aliphatic heterocycles. The van der Waals surface area contributed by atoms with Gasteiger partial charge in [0, 0.05) is 5.69 Å². The van der Waals surface area contributed by atoms with Crippen LogP contribution in [-0.4, -0.2) is 32.2 Å². The molecule has 138 valence electrons. The predicted octanol–water partition coefficient (Wildman–Crippen LogP) is 3.34. The number of ether oxygens (including phenoxy) is 3. The second-order valence-electron chi connectivity index (χ2n) is 5.57. The molecule has 2 aromatic carbocycles. The minimum atomic E-state index is -1.09. The molecule has 0 bridgehead atoms. The third-order valence-corrected chi connectivity index (χ3v) is 3.72. The number of hydrogen-bond acceptors (Lipinski definition) is 5. The maximum Gasteiger partial charge on any atom is 0.342 e. The van der Waals surface area contributed by atoms with E-state index in [1.165, 1.54) is 33.3 Å². The molecule has 0 fully saturated rings. The van der Waals surface area contributed by atoms with Crippen LogP contribution in [0.15, 0.2) is 36.4 Å². The van der Waals surface area contributed by atoms with Crippen molar-refractivity contribution in [3.63, 3.8) is 0 Å². The van der Waals surface area contributed by atoms with E-state index in [1.54, 1.807) is 31.2 Å². The zero-order chi connectivity index (χ0) is 19.3. The van der Waals surface area contributed by atoms with E-state index in [9.17, 15) is 14.0 Å². The van der Waals surface area contributed by atoms with Crippen LogP contribution in [0.4, 0.5) is 10.1 Å². The van der Waals surface area contributed by atoms with Crippen molar-refractivity contribution in [3.05, 3.63) is 53.3 Å². The lowest BCUT2D eigenvalue weighted by atomic mass is 10.2. The van der Waals surface area contributed by atoms with Gasteiger partial charge in [0.15, 0.2) is 6.10 Å². The summed E-state index contributed by atoms with van der Waals surface area (Å²) >= 11 is 0. The zero-order valence-electron chi connectivity index (χ0n) is 15.0. The van der Waals surface area contributed by atoms with Gasteiger partial charge in [-0.1, -0.05) is 6.07 Å². The summed E-state index contributed by atoms with van der Waals surface area (Å²) in [6, 6.07) is 8.97. The number of benzene rings is 2. The van der Waals surface area contributed by atoms with Gasteiger partial charge in [0.05, 0.1) is 14.2 Å². The van der Waals surface area contributed by atoms with Crippen molar-refractivity contribution in [1.29, 1.82) is 0 Å². The van der Waals surface area contributed by atoms with E-state index in [2.05, 4.69) is 5.32 Å². The van der Waals surface area contributed by atoms with Crippen LogP contribution < -0.4 is 14.8 Å². The first-order valence-electron chi connectivity index (χ1n) is 7.85. The lowest BCUT2D eigenvalue weighted by Gasteiger charge is -2.15. The molecular formula is C19H20FNO5. The van der Waals surface area contributed by atoms with Crippen LogP contribution in [0.2, 0.25) is 0 Å². The Labute approximate surface area is 150 Å². The second-order valence-corrected chi connectivity index (χ2v) is 5.57. The van der Waals surface area contributed by atoms with Gasteiger partial charge in [0.1, 0.15) is 22.9 Å². The number of nitrogens with one attached hydrogen (secondary N) is 1. The summed E-state index contributed by atoms with van der Waals surface area (Å²) < 4.78 is 28.9. The molecule has 0 heterocycles. The summed E-state index contributed by atoms with van der Waals surface area (Å²) in [7, 11) is 2.88. The minimum Gasteiger partial charge on any atom is -0.497 e. The van der Waals surface area contributed by atoms with Crippen LogP contribution in [0.1, 0.15) is 22.8 Å². The molecule has 7 heteroatoms. The van der Waals surface area contributed by atoms with Gasteiger partial charge in [-0.05, 0) is 49.7 Å². The van der Waals surface area contributed by atoms with E-state index in [-0.39, 0.29) is 11.3 Å². The molecule has 0 aliphatic carbocycles. The predicted molar refractivity (Wildman–Crippen MR) is 94.2 cm³/mol. The van der Waals surface area contributed by atoms with Gasteiger partial charge in [-0.15, -0.1) is 0 Å². The molecule has 1 unspecified atom stereocenters. The molecule has 0 aliphatic rings. The van der Waals surface area contributed by atoms with Gasteiger partial charge < -0.3 is 19.5 Å². The van der Waals surface area contributed by atoms with E-state index >= 15 is 0 Å². The number of esters is 1. The third kappa shape index (κ3) is 4.50. The summed E-state index contributed by atoms with van der Waals surface area (Å²) in [5, 5.41) is 2.51. The van der Waals surface area contributed by atoms with Crippen LogP contribution in [0.5, 0.6) is 11.5 Å². The van der Waals surface area contributed by atoms with Gasteiger partial charge in [-0.2, -0.15) is 0 Å². The Balaban J connectivity index is 2.08. The lowest BCUT2D eigenvalue weighted by molar-refractivity contribution is -0.123. The first-order chi connectivity index (χ1) is 12.3. The number of hydrogen-bond donors (Lipinski definition) is 1. The van der Waals surface area contributed by atoms with Crippen molar-refractivity contribution in [2.24, 2.45) is 0 Å². The fourth-order valence-corrected chi connectivity index (χ4v) is 2.17. The number of anilines is 1. The van der Waals surface area contributed by atoms with E-state index < -0.39 is 23.8 Å². The maximum absolute atomic E-state index is 13.6. The number of methoxy groups -OCH3 is 2. The average molecular weight is 361 g/mol. The van der Waals surface area contributed by atoms with E-state index in [1.807, 2.05) is 0 Å². The highest BCUT2D eigenvalue weighted by Crippen LogP contribution is 2.25. The van der Waals surface area contributed by atoms with Gasteiger partial charge in [0.25, 0.3) is 5.91 Å². The molecule has 26 heavy (non-hydrogen) atoms. The fourth-order valence-electron chi connectivity index (χ4n) is 2.17. The number of carbonyl (C=O) groups is 2. The number of aryl methyl sites for hydroxylation is 1. The van der Waals surface area contributed by atoms with E-state index in [4.69, 9.17) is 14.2 Å². The van der Waals surface area contributed by atoms with Gasteiger partial charge >= 0.3 is 5.97 Å². The van der Waals surface area contributed by atoms with Crippen LogP contribution in [0.3, 0.4) is 0 Å². The van der Waals surface area contributed by atoms with Crippen LogP contribution in [0.25, 0.3) is 0 Å². The number of rotatable bonds is 6. The Kier molecular flexibility index (Phi) is 6.16. The summed E-state index contributed by atoms with van der Waals surface area (Å²) in [6.07, 6.45) is -1.09.